The zero-order valence-corrected chi connectivity index (χ0v) is 44.3. The van der Waals surface area contributed by atoms with E-state index < -0.39 is 149 Å². The molecule has 21 heteroatoms. The first kappa shape index (κ1) is 58.4. The van der Waals surface area contributed by atoms with Crippen molar-refractivity contribution in [3.05, 3.63) is 119 Å². The lowest BCUT2D eigenvalue weighted by Gasteiger charge is -2.67. The average Bonchev–Trinajstić information content (AvgIpc) is 2.10. The smallest absolute Gasteiger partial charge is 0.350 e. The number of aliphatic carboxylic acids is 1. The van der Waals surface area contributed by atoms with Crippen molar-refractivity contribution < 1.29 is 86.9 Å². The van der Waals surface area contributed by atoms with Crippen LogP contribution >= 0.6 is 0 Å². The molecule has 1 aliphatic heterocycles. The fourth-order valence-corrected chi connectivity index (χ4v) is 11.6. The number of amides is 2. The maximum atomic E-state index is 15.8. The van der Waals surface area contributed by atoms with E-state index in [0.29, 0.717) is 12.8 Å². The van der Waals surface area contributed by atoms with Crippen LogP contribution in [-0.2, 0) is 62.0 Å². The normalized spacial score (nSPS) is 27.9. The minimum atomic E-state index is -2.52. The van der Waals surface area contributed by atoms with Gasteiger partial charge in [0.05, 0.1) is 36.0 Å². The Morgan fingerprint density at radius 3 is 2.01 bits per heavy atom. The van der Waals surface area contributed by atoms with Crippen LogP contribution in [-0.4, -0.2) is 136 Å². The number of aliphatic hydroxyl groups excluding tert-OH is 1. The van der Waals surface area contributed by atoms with E-state index in [0.717, 1.165) is 13.8 Å². The van der Waals surface area contributed by atoms with Gasteiger partial charge in [0.25, 0.3) is 5.91 Å². The lowest BCUT2D eigenvalue weighted by Crippen LogP contribution is -2.82. The molecular formula is C57H67N3O18. The maximum Gasteiger partial charge on any atom is 0.350 e. The summed E-state index contributed by atoms with van der Waals surface area (Å²) in [7, 11) is 0. The number of carboxylic acids is 1. The highest BCUT2D eigenvalue weighted by molar-refractivity contribution is 5.96. The standard InChI is InChI=1S/C57H67N3O18/c1-31-38(75-53(71)46(76-42(65)26-25-41(64)59-27-17-16-24-37(58)51(68)69)44(34-18-10-7-11-19-34)60-50(67)35-20-12-8-13-21-35)29-57(72)49(77-52(70)36-22-14-9-15-23-36)47-55(6,39(63)28-40-56(47,30-73-40)78-33(3)62)48(66)45(74-32(2)61)43(31)54(57,4)5/h7-15,18-23,37-40,44-47,49,63,72H,16-17,24-30,58H2,1-6H3,(H,59,64)(H,60,67)(H,68,69)/t37-,38-,39-,40+,44-,45+,46+,47-,49-,55+,56-,57+/m0/s1. The molecule has 1 saturated heterocycles. The molecule has 0 radical (unpaired) electrons. The van der Waals surface area contributed by atoms with E-state index >= 15 is 9.59 Å². The van der Waals surface area contributed by atoms with E-state index in [4.69, 9.17) is 39.3 Å². The summed E-state index contributed by atoms with van der Waals surface area (Å²) in [5, 5.41) is 40.7. The fourth-order valence-electron chi connectivity index (χ4n) is 11.6. The molecule has 418 valence electrons. The average molecular weight is 1080 g/mol. The summed E-state index contributed by atoms with van der Waals surface area (Å²) in [5.41, 5.74) is -2.29. The molecule has 3 aliphatic carbocycles. The van der Waals surface area contributed by atoms with Crippen molar-refractivity contribution in [2.24, 2.45) is 22.5 Å². The second kappa shape index (κ2) is 23.7. The van der Waals surface area contributed by atoms with Crippen LogP contribution in [0, 0.1) is 16.7 Å². The minimum absolute atomic E-state index is 0.0154. The van der Waals surface area contributed by atoms with Crippen LogP contribution in [0.2, 0.25) is 0 Å². The van der Waals surface area contributed by atoms with Gasteiger partial charge >= 0.3 is 35.8 Å². The van der Waals surface area contributed by atoms with Crippen LogP contribution in [0.1, 0.15) is 119 Å². The van der Waals surface area contributed by atoms with Crippen LogP contribution < -0.4 is 16.4 Å². The van der Waals surface area contributed by atoms with Crippen molar-refractivity contribution >= 4 is 53.4 Å². The molecule has 0 spiro atoms. The Bertz CT molecular complexity index is 2810. The predicted molar refractivity (Wildman–Crippen MR) is 273 cm³/mol. The molecule has 78 heavy (non-hydrogen) atoms. The number of hydrogen-bond donors (Lipinski definition) is 6. The largest absolute Gasteiger partial charge is 0.480 e. The van der Waals surface area contributed by atoms with E-state index in [1.165, 1.54) is 52.0 Å². The topological polar surface area (TPSA) is 320 Å². The number of nitrogens with two attached hydrogens (primary N) is 1. The summed E-state index contributed by atoms with van der Waals surface area (Å²) in [6.07, 6.45) is -11.2. The quantitative estimate of drug-likeness (QED) is 0.0406. The monoisotopic (exact) mass is 1080 g/mol. The number of Topliss-reactive ketones (excluding diaryl/α,β-unsaturated/α-hetero) is 1. The summed E-state index contributed by atoms with van der Waals surface area (Å²) < 4.78 is 36.7. The van der Waals surface area contributed by atoms with Gasteiger partial charge < -0.3 is 60.1 Å². The number of carbonyl (C=O) groups is 9. The fraction of sp³-hybridized carbons (Fsp3) is 0.491. The van der Waals surface area contributed by atoms with Gasteiger partial charge in [-0.15, -0.1) is 0 Å². The molecule has 12 atom stereocenters. The van der Waals surface area contributed by atoms with Crippen molar-refractivity contribution in [1.29, 1.82) is 0 Å². The molecule has 4 aliphatic rings. The summed E-state index contributed by atoms with van der Waals surface area (Å²) >= 11 is 0. The van der Waals surface area contributed by atoms with Crippen molar-refractivity contribution in [1.82, 2.24) is 10.6 Å². The summed E-state index contributed by atoms with van der Waals surface area (Å²) in [5.74, 6) is -10.1. The van der Waals surface area contributed by atoms with Crippen molar-refractivity contribution in [3.63, 3.8) is 0 Å². The predicted octanol–water partition coefficient (Wildman–Crippen LogP) is 3.77. The Morgan fingerprint density at radius 2 is 1.44 bits per heavy atom. The number of esters is 5. The van der Waals surface area contributed by atoms with Crippen LogP contribution in [0.15, 0.2) is 102 Å². The van der Waals surface area contributed by atoms with Crippen molar-refractivity contribution in [3.8, 4) is 0 Å². The zero-order chi connectivity index (χ0) is 56.9. The summed E-state index contributed by atoms with van der Waals surface area (Å²) in [4.78, 5) is 124. The van der Waals surface area contributed by atoms with Gasteiger partial charge in [-0.3, -0.25) is 33.6 Å². The molecule has 21 nitrogen and oxygen atoms in total. The first-order valence-corrected chi connectivity index (χ1v) is 25.8. The Morgan fingerprint density at radius 1 is 0.821 bits per heavy atom. The molecule has 7 N–H and O–H groups in total. The second-order valence-corrected chi connectivity index (χ2v) is 21.1. The SMILES string of the molecule is CC(=O)O[C@H]1C(=O)[C@@]2(C)[C@H]([C@H](OC(=O)c3ccccc3)[C@]3(O)C[C@H](OC(=O)[C@H](OC(=O)CCC(=O)NCCCC[C@H](N)C(=O)O)[C@@H](NC(=O)c4ccccc4)c4ccccc4)C(C)=C1C3(C)C)[C@]1(OC(C)=O)CO[C@@H]1C[C@@H]2O. The Hall–Kier alpha value is -7.33. The van der Waals surface area contributed by atoms with Gasteiger partial charge in [-0.1, -0.05) is 80.6 Å². The molecule has 2 amide bonds. The van der Waals surface area contributed by atoms with E-state index in [-0.39, 0.29) is 53.8 Å². The number of nitrogens with one attached hydrogen (secondary N) is 2. The first-order chi connectivity index (χ1) is 36.9. The highest BCUT2D eigenvalue weighted by atomic mass is 16.6. The molecular weight excluding hydrogens is 1010 g/mol. The molecule has 2 saturated carbocycles. The number of unbranched alkanes of at least 4 members (excludes halogenated alkanes) is 1. The van der Waals surface area contributed by atoms with Crippen LogP contribution in [0.5, 0.6) is 0 Å². The number of hydrogen-bond acceptors (Lipinski definition) is 18. The molecule has 3 aromatic rings. The number of carboxylic acid groups (broad SMARTS) is 1. The molecule has 0 unspecified atom stereocenters. The lowest BCUT2D eigenvalue weighted by molar-refractivity contribution is -0.346. The number of benzene rings is 3. The molecule has 7 rings (SSSR count). The third-order valence-electron chi connectivity index (χ3n) is 15.9. The molecule has 2 bridgehead atoms. The number of ketones is 1. The Balaban J connectivity index is 1.33. The van der Waals surface area contributed by atoms with Gasteiger partial charge in [-0.2, -0.15) is 0 Å². The first-order valence-electron chi connectivity index (χ1n) is 25.8. The van der Waals surface area contributed by atoms with Crippen LogP contribution in [0.25, 0.3) is 0 Å². The Kier molecular flexibility index (Phi) is 17.8. The second-order valence-electron chi connectivity index (χ2n) is 21.1. The molecule has 3 fully saturated rings. The molecule has 1 heterocycles. The number of aliphatic hydroxyl groups is 2. The van der Waals surface area contributed by atoms with Gasteiger partial charge in [0.2, 0.25) is 12.0 Å². The van der Waals surface area contributed by atoms with Gasteiger partial charge in [0, 0.05) is 50.6 Å². The highest BCUT2D eigenvalue weighted by Gasteiger charge is 2.78. The molecule has 3 aromatic carbocycles. The van der Waals surface area contributed by atoms with Crippen LogP contribution in [0.3, 0.4) is 0 Å². The number of fused-ring (bicyclic) bond motifs is 5. The van der Waals surface area contributed by atoms with E-state index in [9.17, 15) is 43.8 Å². The van der Waals surface area contributed by atoms with Gasteiger partial charge in [0.15, 0.2) is 17.5 Å². The van der Waals surface area contributed by atoms with Crippen molar-refractivity contribution in [2.75, 3.05) is 13.2 Å². The van der Waals surface area contributed by atoms with Gasteiger partial charge in [-0.05, 0) is 74.1 Å². The lowest BCUT2D eigenvalue weighted by atomic mass is 9.44. The van der Waals surface area contributed by atoms with Gasteiger partial charge in [0.1, 0.15) is 36.0 Å². The van der Waals surface area contributed by atoms with E-state index in [2.05, 4.69) is 10.6 Å². The third kappa shape index (κ3) is 11.6. The minimum Gasteiger partial charge on any atom is -0.480 e. The van der Waals surface area contributed by atoms with Gasteiger partial charge in [-0.25, -0.2) is 9.59 Å². The van der Waals surface area contributed by atoms with Crippen molar-refractivity contribution in [2.45, 2.75) is 146 Å². The molecule has 0 aromatic heterocycles. The number of rotatable bonds is 20. The zero-order valence-electron chi connectivity index (χ0n) is 44.3. The number of carbonyl (C=O) groups excluding carboxylic acids is 8. The van der Waals surface area contributed by atoms with E-state index in [1.54, 1.807) is 66.7 Å². The third-order valence-corrected chi connectivity index (χ3v) is 15.9. The summed E-state index contributed by atoms with van der Waals surface area (Å²) in [6.45, 7) is 7.83. The number of ether oxygens (including phenoxy) is 6. The van der Waals surface area contributed by atoms with Crippen LogP contribution in [0.4, 0.5) is 0 Å². The maximum absolute atomic E-state index is 15.8. The summed E-state index contributed by atoms with van der Waals surface area (Å²) in [6, 6.07) is 21.1. The van der Waals surface area contributed by atoms with E-state index in [1.807, 2.05) is 0 Å². The Labute approximate surface area is 450 Å². The highest BCUT2D eigenvalue weighted by Crippen LogP contribution is 2.64.